The number of rotatable bonds is 5. The van der Waals surface area contributed by atoms with Crippen molar-refractivity contribution in [2.24, 2.45) is 10.9 Å². The van der Waals surface area contributed by atoms with Crippen molar-refractivity contribution in [3.8, 4) is 5.75 Å². The predicted octanol–water partition coefficient (Wildman–Crippen LogP) is 3.72. The fourth-order valence-electron chi connectivity index (χ4n) is 3.00. The van der Waals surface area contributed by atoms with Crippen molar-refractivity contribution < 1.29 is 13.9 Å². The molecule has 106 valence electrons. The highest BCUT2D eigenvalue weighted by Gasteiger charge is 2.39. The van der Waals surface area contributed by atoms with Gasteiger partial charge in [-0.1, -0.05) is 25.0 Å². The lowest BCUT2D eigenvalue weighted by Crippen LogP contribution is -2.21. The lowest BCUT2D eigenvalue weighted by molar-refractivity contribution is 0.273. The van der Waals surface area contributed by atoms with Gasteiger partial charge in [-0.3, -0.25) is 0 Å². The van der Waals surface area contributed by atoms with E-state index >= 15 is 0 Å². The molecule has 2 aliphatic carbocycles. The summed E-state index contributed by atoms with van der Waals surface area (Å²) < 4.78 is 19.8. The number of hydrogen-bond donors (Lipinski definition) is 0. The Morgan fingerprint density at radius 1 is 1.35 bits per heavy atom. The molecule has 1 aromatic carbocycles. The molecule has 0 unspecified atom stereocenters. The Morgan fingerprint density at radius 2 is 2.10 bits per heavy atom. The molecule has 0 radical (unpaired) electrons. The van der Waals surface area contributed by atoms with Crippen molar-refractivity contribution in [3.63, 3.8) is 0 Å². The molecule has 0 atom stereocenters. The van der Waals surface area contributed by atoms with Crippen molar-refractivity contribution in [2.45, 2.75) is 44.1 Å². The van der Waals surface area contributed by atoms with Crippen molar-refractivity contribution in [2.75, 3.05) is 6.61 Å². The third-order valence-corrected chi connectivity index (χ3v) is 4.32. The molecule has 3 rings (SSSR count). The Balaban J connectivity index is 1.97. The van der Waals surface area contributed by atoms with E-state index in [2.05, 4.69) is 4.99 Å². The van der Waals surface area contributed by atoms with Crippen LogP contribution in [0.4, 0.5) is 4.39 Å². The molecule has 2 fully saturated rings. The van der Waals surface area contributed by atoms with Crippen LogP contribution in [0, 0.1) is 11.7 Å². The quantitative estimate of drug-likeness (QED) is 0.607. The van der Waals surface area contributed by atoms with Crippen molar-refractivity contribution in [3.05, 3.63) is 29.6 Å². The third kappa shape index (κ3) is 2.48. The average molecular weight is 275 g/mol. The van der Waals surface area contributed by atoms with Crippen molar-refractivity contribution in [1.29, 1.82) is 0 Å². The van der Waals surface area contributed by atoms with Crippen LogP contribution in [-0.4, -0.2) is 12.7 Å². The van der Waals surface area contributed by atoms with Gasteiger partial charge in [0.1, 0.15) is 5.54 Å². The molecular formula is C16H18FNO2. The Kier molecular flexibility index (Phi) is 3.58. The first-order valence-electron chi connectivity index (χ1n) is 7.26. The number of halogens is 1. The zero-order chi connectivity index (χ0) is 14.0. The first-order chi connectivity index (χ1) is 9.75. The van der Waals surface area contributed by atoms with E-state index < -0.39 is 5.54 Å². The summed E-state index contributed by atoms with van der Waals surface area (Å²) in [5.41, 5.74) is 0.0712. The second-order valence-corrected chi connectivity index (χ2v) is 5.81. The van der Waals surface area contributed by atoms with Gasteiger partial charge in [0.25, 0.3) is 0 Å². The van der Waals surface area contributed by atoms with Crippen LogP contribution in [0.25, 0.3) is 0 Å². The number of carbonyl (C=O) groups excluding carboxylic acids is 1. The number of hydrogen-bond acceptors (Lipinski definition) is 3. The summed E-state index contributed by atoms with van der Waals surface area (Å²) >= 11 is 0. The summed E-state index contributed by atoms with van der Waals surface area (Å²) in [6.45, 7) is 0.550. The fourth-order valence-corrected chi connectivity index (χ4v) is 3.00. The minimum Gasteiger partial charge on any atom is -0.490 e. The maximum absolute atomic E-state index is 14.1. The van der Waals surface area contributed by atoms with E-state index in [9.17, 15) is 9.18 Å². The van der Waals surface area contributed by atoms with Crippen LogP contribution < -0.4 is 4.74 Å². The number of aliphatic imine (C=N–C) groups is 1. The van der Waals surface area contributed by atoms with Crippen LogP contribution in [0.3, 0.4) is 0 Å². The second kappa shape index (κ2) is 5.37. The Bertz CT molecular complexity index is 541. The molecule has 0 aliphatic heterocycles. The van der Waals surface area contributed by atoms with E-state index in [-0.39, 0.29) is 11.6 Å². The molecule has 0 saturated heterocycles. The summed E-state index contributed by atoms with van der Waals surface area (Å²) in [6.07, 6.45) is 7.47. The molecule has 0 aromatic heterocycles. The summed E-state index contributed by atoms with van der Waals surface area (Å²) in [5, 5.41) is 0. The lowest BCUT2D eigenvalue weighted by atomic mass is 9.88. The first kappa shape index (κ1) is 13.3. The minimum atomic E-state index is -0.636. The van der Waals surface area contributed by atoms with E-state index in [1.807, 2.05) is 6.07 Å². The number of nitrogens with zero attached hydrogens (tertiary/aromatic N) is 1. The number of para-hydroxylation sites is 1. The van der Waals surface area contributed by atoms with Gasteiger partial charge >= 0.3 is 0 Å². The number of benzene rings is 1. The molecule has 0 N–H and O–H groups in total. The first-order valence-corrected chi connectivity index (χ1v) is 7.26. The van der Waals surface area contributed by atoms with Gasteiger partial charge in [-0.2, -0.15) is 4.99 Å². The largest absolute Gasteiger partial charge is 0.490 e. The van der Waals surface area contributed by atoms with Gasteiger partial charge in [-0.05, 0) is 37.7 Å². The van der Waals surface area contributed by atoms with Crippen LogP contribution in [0.5, 0.6) is 5.75 Å². The highest BCUT2D eigenvalue weighted by Crippen LogP contribution is 2.46. The van der Waals surface area contributed by atoms with Crippen LogP contribution in [-0.2, 0) is 10.3 Å². The van der Waals surface area contributed by atoms with Gasteiger partial charge in [0.05, 0.1) is 6.61 Å². The maximum atomic E-state index is 14.1. The molecular weight excluding hydrogens is 257 g/mol. The SMILES string of the molecule is O=C=NC1(c2cccc(F)c2OCC2CC2)CCCC1. The van der Waals surface area contributed by atoms with E-state index in [0.717, 1.165) is 38.5 Å². The molecule has 3 nitrogen and oxygen atoms in total. The monoisotopic (exact) mass is 275 g/mol. The summed E-state index contributed by atoms with van der Waals surface area (Å²) in [5.74, 6) is 0.465. The molecule has 2 aliphatic rings. The Hall–Kier alpha value is -1.67. The van der Waals surface area contributed by atoms with Crippen LogP contribution in [0.2, 0.25) is 0 Å². The molecule has 0 bridgehead atoms. The normalized spacial score (nSPS) is 20.4. The van der Waals surface area contributed by atoms with E-state index in [1.54, 1.807) is 12.1 Å². The predicted molar refractivity (Wildman–Crippen MR) is 72.9 cm³/mol. The van der Waals surface area contributed by atoms with Crippen molar-refractivity contribution >= 4 is 6.08 Å². The summed E-state index contributed by atoms with van der Waals surface area (Å²) in [4.78, 5) is 14.8. The standard InChI is InChI=1S/C16H18FNO2/c17-14-5-3-4-13(15(14)20-10-12-6-7-12)16(18-11-19)8-1-2-9-16/h3-5,12H,1-2,6-10H2. The average Bonchev–Trinajstić information content (AvgIpc) is 3.16. The molecule has 2 saturated carbocycles. The summed E-state index contributed by atoms with van der Waals surface area (Å²) in [6, 6.07) is 4.89. The molecule has 20 heavy (non-hydrogen) atoms. The van der Waals surface area contributed by atoms with Gasteiger partial charge in [0.2, 0.25) is 6.08 Å². The third-order valence-electron chi connectivity index (χ3n) is 4.32. The molecule has 4 heteroatoms. The Morgan fingerprint density at radius 3 is 2.75 bits per heavy atom. The van der Waals surface area contributed by atoms with E-state index in [1.165, 1.54) is 6.07 Å². The number of ether oxygens (including phenoxy) is 1. The molecule has 0 heterocycles. The molecule has 0 spiro atoms. The van der Waals surface area contributed by atoms with Crippen LogP contribution in [0.15, 0.2) is 23.2 Å². The highest BCUT2D eigenvalue weighted by molar-refractivity contribution is 5.45. The van der Waals surface area contributed by atoms with Crippen LogP contribution >= 0.6 is 0 Å². The number of isocyanates is 1. The summed E-state index contributed by atoms with van der Waals surface area (Å²) in [7, 11) is 0. The minimum absolute atomic E-state index is 0.278. The van der Waals surface area contributed by atoms with Crippen molar-refractivity contribution in [1.82, 2.24) is 0 Å². The van der Waals surface area contributed by atoms with Gasteiger partial charge in [0, 0.05) is 5.56 Å². The lowest BCUT2D eigenvalue weighted by Gasteiger charge is -2.25. The van der Waals surface area contributed by atoms with Gasteiger partial charge < -0.3 is 4.74 Å². The fraction of sp³-hybridized carbons (Fsp3) is 0.562. The van der Waals surface area contributed by atoms with Gasteiger partial charge in [-0.15, -0.1) is 0 Å². The topological polar surface area (TPSA) is 38.7 Å². The van der Waals surface area contributed by atoms with Crippen LogP contribution in [0.1, 0.15) is 44.1 Å². The second-order valence-electron chi connectivity index (χ2n) is 5.81. The smallest absolute Gasteiger partial charge is 0.235 e. The van der Waals surface area contributed by atoms with Gasteiger partial charge in [-0.25, -0.2) is 9.18 Å². The highest BCUT2D eigenvalue weighted by atomic mass is 19.1. The maximum Gasteiger partial charge on any atom is 0.235 e. The Labute approximate surface area is 117 Å². The van der Waals surface area contributed by atoms with E-state index in [4.69, 9.17) is 4.74 Å². The molecule has 0 amide bonds. The van der Waals surface area contributed by atoms with Gasteiger partial charge in [0.15, 0.2) is 11.6 Å². The zero-order valence-electron chi connectivity index (χ0n) is 11.4. The zero-order valence-corrected chi connectivity index (χ0v) is 11.4. The van der Waals surface area contributed by atoms with E-state index in [0.29, 0.717) is 18.1 Å². The molecule has 1 aromatic rings.